The third kappa shape index (κ3) is 2.72. The van der Waals surface area contributed by atoms with E-state index in [1.807, 2.05) is 0 Å². The number of rotatable bonds is 3. The zero-order chi connectivity index (χ0) is 15.0. The molecule has 0 saturated heterocycles. The van der Waals surface area contributed by atoms with Crippen LogP contribution >= 0.6 is 35.4 Å². The van der Waals surface area contributed by atoms with E-state index in [-0.39, 0.29) is 15.0 Å². The smallest absolute Gasteiger partial charge is 0.160 e. The fraction of sp³-hybridized carbons (Fsp3) is 0.167. The Labute approximate surface area is 130 Å². The van der Waals surface area contributed by atoms with Crippen molar-refractivity contribution < 1.29 is 4.39 Å². The number of anilines is 2. The second-order valence-corrected chi connectivity index (χ2v) is 5.43. The van der Waals surface area contributed by atoms with E-state index in [2.05, 4.69) is 10.4 Å². The highest BCUT2D eigenvalue weighted by molar-refractivity contribution is 7.80. The molecule has 3 N–H and O–H groups in total. The summed E-state index contributed by atoms with van der Waals surface area (Å²) in [5.41, 5.74) is 7.53. The molecule has 1 aromatic carbocycles. The van der Waals surface area contributed by atoms with Crippen LogP contribution < -0.4 is 11.1 Å². The fourth-order valence-electron chi connectivity index (χ4n) is 1.86. The molecule has 0 unspecified atom stereocenters. The van der Waals surface area contributed by atoms with E-state index in [1.165, 1.54) is 12.1 Å². The normalized spacial score (nSPS) is 10.7. The molecule has 0 fully saturated rings. The number of nitrogens with zero attached hydrogens (tertiary/aromatic N) is 2. The van der Waals surface area contributed by atoms with Gasteiger partial charge in [0.1, 0.15) is 10.8 Å². The van der Waals surface area contributed by atoms with Crippen molar-refractivity contribution in [2.24, 2.45) is 12.8 Å². The topological polar surface area (TPSA) is 55.9 Å². The Hall–Kier alpha value is -1.37. The summed E-state index contributed by atoms with van der Waals surface area (Å²) in [5.74, 6) is -0.0663. The molecule has 1 heterocycles. The maximum Gasteiger partial charge on any atom is 0.160 e. The molecule has 0 aliphatic carbocycles. The van der Waals surface area contributed by atoms with Gasteiger partial charge in [-0.2, -0.15) is 5.10 Å². The first kappa shape index (κ1) is 15.0. The average Bonchev–Trinajstić information content (AvgIpc) is 2.61. The third-order valence-corrected chi connectivity index (χ3v) is 3.47. The Morgan fingerprint density at radius 1 is 1.40 bits per heavy atom. The maximum absolute atomic E-state index is 13.4. The molecule has 0 bridgehead atoms. The molecule has 0 spiro atoms. The first-order valence-electron chi connectivity index (χ1n) is 5.56. The second-order valence-electron chi connectivity index (χ2n) is 4.18. The van der Waals surface area contributed by atoms with Crippen molar-refractivity contribution in [3.63, 3.8) is 0 Å². The van der Waals surface area contributed by atoms with Gasteiger partial charge in [-0.3, -0.25) is 4.68 Å². The number of aromatic nitrogens is 2. The zero-order valence-electron chi connectivity index (χ0n) is 10.7. The summed E-state index contributed by atoms with van der Waals surface area (Å²) in [6, 6.07) is 2.85. The van der Waals surface area contributed by atoms with Crippen LogP contribution in [0.15, 0.2) is 12.1 Å². The van der Waals surface area contributed by atoms with E-state index in [4.69, 9.17) is 41.2 Å². The van der Waals surface area contributed by atoms with Crippen LogP contribution in [-0.4, -0.2) is 14.8 Å². The van der Waals surface area contributed by atoms with Crippen LogP contribution in [0.1, 0.15) is 11.3 Å². The van der Waals surface area contributed by atoms with Gasteiger partial charge in [0.25, 0.3) is 0 Å². The van der Waals surface area contributed by atoms with Gasteiger partial charge in [0.05, 0.1) is 21.3 Å². The number of nitrogens with one attached hydrogen (secondary N) is 1. The van der Waals surface area contributed by atoms with Gasteiger partial charge in [0.2, 0.25) is 0 Å². The summed E-state index contributed by atoms with van der Waals surface area (Å²) in [4.78, 5) is 0.220. The van der Waals surface area contributed by atoms with Gasteiger partial charge in [-0.15, -0.1) is 0 Å². The molecule has 0 atom stereocenters. The number of benzene rings is 1. The lowest BCUT2D eigenvalue weighted by molar-refractivity contribution is 0.629. The minimum atomic E-state index is -0.658. The highest BCUT2D eigenvalue weighted by Crippen LogP contribution is 2.30. The lowest BCUT2D eigenvalue weighted by Gasteiger charge is -2.10. The highest BCUT2D eigenvalue weighted by Gasteiger charge is 2.16. The molecule has 0 saturated carbocycles. The molecule has 2 rings (SSSR count). The predicted octanol–water partition coefficient (Wildman–Crippen LogP) is 3.55. The molecule has 106 valence electrons. The molecule has 20 heavy (non-hydrogen) atoms. The minimum absolute atomic E-state index is 0.0734. The van der Waals surface area contributed by atoms with E-state index >= 15 is 0 Å². The van der Waals surface area contributed by atoms with E-state index in [0.717, 1.165) is 0 Å². The van der Waals surface area contributed by atoms with Crippen LogP contribution in [0.25, 0.3) is 0 Å². The molecule has 2 aromatic rings. The van der Waals surface area contributed by atoms with E-state index < -0.39 is 5.82 Å². The van der Waals surface area contributed by atoms with Gasteiger partial charge < -0.3 is 11.1 Å². The quantitative estimate of drug-likeness (QED) is 0.666. The Morgan fingerprint density at radius 3 is 2.45 bits per heavy atom. The van der Waals surface area contributed by atoms with Crippen molar-refractivity contribution in [1.82, 2.24) is 9.78 Å². The average molecular weight is 333 g/mol. The lowest BCUT2D eigenvalue weighted by Crippen LogP contribution is -2.13. The Balaban J connectivity index is 2.48. The van der Waals surface area contributed by atoms with Crippen molar-refractivity contribution in [3.8, 4) is 0 Å². The van der Waals surface area contributed by atoms with Gasteiger partial charge >= 0.3 is 0 Å². The number of hydrogen-bond acceptors (Lipinski definition) is 3. The lowest BCUT2D eigenvalue weighted by atomic mass is 10.2. The largest absolute Gasteiger partial charge is 0.389 e. The summed E-state index contributed by atoms with van der Waals surface area (Å²) in [5, 5.41) is 7.14. The SMILES string of the molecule is Cc1nn(C)c(Nc2cc(Cl)c(F)c(Cl)c2)c1C(N)=S. The summed E-state index contributed by atoms with van der Waals surface area (Å²) in [6.07, 6.45) is 0. The maximum atomic E-state index is 13.4. The first-order chi connectivity index (χ1) is 9.31. The minimum Gasteiger partial charge on any atom is -0.389 e. The number of aryl methyl sites for hydroxylation is 2. The number of hydrogen-bond donors (Lipinski definition) is 2. The van der Waals surface area contributed by atoms with Crippen LogP contribution in [0.5, 0.6) is 0 Å². The summed E-state index contributed by atoms with van der Waals surface area (Å²) >= 11 is 16.5. The van der Waals surface area contributed by atoms with Gasteiger partial charge in [0.15, 0.2) is 5.82 Å². The van der Waals surface area contributed by atoms with Gasteiger partial charge in [-0.05, 0) is 19.1 Å². The molecule has 0 amide bonds. The van der Waals surface area contributed by atoms with Crippen LogP contribution in [0, 0.1) is 12.7 Å². The summed E-state index contributed by atoms with van der Waals surface area (Å²) in [7, 11) is 1.74. The molecular formula is C12H11Cl2FN4S. The fourth-order valence-corrected chi connectivity index (χ4v) is 2.59. The predicted molar refractivity (Wildman–Crippen MR) is 83.5 cm³/mol. The first-order valence-corrected chi connectivity index (χ1v) is 6.72. The number of nitrogens with two attached hydrogens (primary N) is 1. The number of thiocarbonyl (C=S) groups is 1. The molecule has 0 aliphatic heterocycles. The highest BCUT2D eigenvalue weighted by atomic mass is 35.5. The molecule has 0 aliphatic rings. The van der Waals surface area contributed by atoms with E-state index in [1.54, 1.807) is 18.7 Å². The van der Waals surface area contributed by atoms with Crippen molar-refractivity contribution >= 4 is 51.9 Å². The van der Waals surface area contributed by atoms with Gasteiger partial charge in [-0.1, -0.05) is 35.4 Å². The van der Waals surface area contributed by atoms with Crippen LogP contribution in [0.2, 0.25) is 10.0 Å². The monoisotopic (exact) mass is 332 g/mol. The molecule has 0 radical (unpaired) electrons. The second kappa shape index (κ2) is 5.55. The Kier molecular flexibility index (Phi) is 4.17. The van der Waals surface area contributed by atoms with Crippen LogP contribution in [0.4, 0.5) is 15.9 Å². The summed E-state index contributed by atoms with van der Waals surface area (Å²) in [6.45, 7) is 1.80. The van der Waals surface area contributed by atoms with E-state index in [0.29, 0.717) is 22.8 Å². The summed E-state index contributed by atoms with van der Waals surface area (Å²) < 4.78 is 15.0. The molecular weight excluding hydrogens is 322 g/mol. The Bertz CT molecular complexity index is 676. The van der Waals surface area contributed by atoms with Gasteiger partial charge in [0, 0.05) is 12.7 Å². The van der Waals surface area contributed by atoms with Gasteiger partial charge in [-0.25, -0.2) is 4.39 Å². The number of halogens is 3. The third-order valence-electron chi connectivity index (χ3n) is 2.72. The Morgan fingerprint density at radius 2 is 1.95 bits per heavy atom. The van der Waals surface area contributed by atoms with Crippen LogP contribution in [0.3, 0.4) is 0 Å². The van der Waals surface area contributed by atoms with Crippen LogP contribution in [-0.2, 0) is 7.05 Å². The van der Waals surface area contributed by atoms with Crippen molar-refractivity contribution in [1.29, 1.82) is 0 Å². The van der Waals surface area contributed by atoms with Crippen molar-refractivity contribution in [2.45, 2.75) is 6.92 Å². The van der Waals surface area contributed by atoms with E-state index in [9.17, 15) is 4.39 Å². The zero-order valence-corrected chi connectivity index (χ0v) is 13.0. The molecule has 1 aromatic heterocycles. The standard InChI is InChI=1S/C12H11Cl2FN4S/c1-5-9(11(16)20)12(19(2)18-5)17-6-3-7(13)10(15)8(14)4-6/h3-4,17H,1-2H3,(H2,16,20). The van der Waals surface area contributed by atoms with Crippen molar-refractivity contribution in [3.05, 3.63) is 39.3 Å². The molecule has 8 heteroatoms. The van der Waals surface area contributed by atoms with Crippen molar-refractivity contribution in [2.75, 3.05) is 5.32 Å². The molecule has 4 nitrogen and oxygen atoms in total.